The quantitative estimate of drug-likeness (QED) is 0.777. The molecule has 1 aromatic rings. The van der Waals surface area contributed by atoms with Crippen LogP contribution in [-0.4, -0.2) is 33.0 Å². The number of aryl methyl sites for hydroxylation is 1. The van der Waals surface area contributed by atoms with Crippen molar-refractivity contribution in [1.29, 1.82) is 0 Å². The molecule has 1 amide bonds. The number of carbonyl (C=O) groups is 1. The highest BCUT2D eigenvalue weighted by Gasteiger charge is 2.23. The van der Waals surface area contributed by atoms with E-state index >= 15 is 0 Å². The van der Waals surface area contributed by atoms with Crippen molar-refractivity contribution in [2.45, 2.75) is 17.7 Å². The summed E-state index contributed by atoms with van der Waals surface area (Å²) in [4.78, 5) is 13.6. The van der Waals surface area contributed by atoms with Crippen molar-refractivity contribution >= 4 is 33.0 Å². The Bertz CT molecular complexity index is 583. The lowest BCUT2D eigenvalue weighted by molar-refractivity contribution is -0.116. The fourth-order valence-corrected chi connectivity index (χ4v) is 2.95. The highest BCUT2D eigenvalue weighted by Crippen LogP contribution is 2.29. The van der Waals surface area contributed by atoms with Crippen molar-refractivity contribution in [3.8, 4) is 0 Å². The summed E-state index contributed by atoms with van der Waals surface area (Å²) >= 11 is 5.57. The minimum Gasteiger partial charge on any atom is -0.311 e. The third-order valence-electron chi connectivity index (χ3n) is 3.01. The van der Waals surface area contributed by atoms with Gasteiger partial charge in [0.1, 0.15) is 5.88 Å². The zero-order valence-electron chi connectivity index (χ0n) is 10.0. The third-order valence-corrected chi connectivity index (χ3v) is 4.35. The van der Waals surface area contributed by atoms with Crippen molar-refractivity contribution in [3.05, 3.63) is 23.8 Å². The molecule has 0 radical (unpaired) electrons. The van der Waals surface area contributed by atoms with E-state index in [0.717, 1.165) is 24.1 Å². The summed E-state index contributed by atoms with van der Waals surface area (Å²) < 4.78 is 23.0. The van der Waals surface area contributed by atoms with Crippen LogP contribution < -0.4 is 4.90 Å². The standard InChI is InChI=1S/C12H14ClNO3S/c1-18(16,17)10-4-5-11-9(7-10)3-2-6-14(11)12(15)8-13/h4-5,7H,2-3,6,8H2,1H3. The third kappa shape index (κ3) is 2.52. The van der Waals surface area contributed by atoms with Crippen molar-refractivity contribution in [1.82, 2.24) is 0 Å². The molecule has 1 aliphatic rings. The molecule has 0 bridgehead atoms. The SMILES string of the molecule is CS(=O)(=O)c1ccc2c(c1)CCCN2C(=O)CCl. The summed E-state index contributed by atoms with van der Waals surface area (Å²) in [5.41, 5.74) is 1.67. The maximum Gasteiger partial charge on any atom is 0.241 e. The van der Waals surface area contributed by atoms with Crippen LogP contribution in [0.1, 0.15) is 12.0 Å². The van der Waals surface area contributed by atoms with Gasteiger partial charge in [-0.15, -0.1) is 11.6 Å². The molecule has 0 unspecified atom stereocenters. The van der Waals surface area contributed by atoms with E-state index in [4.69, 9.17) is 11.6 Å². The lowest BCUT2D eigenvalue weighted by Gasteiger charge is -2.29. The van der Waals surface area contributed by atoms with Crippen molar-refractivity contribution in [2.24, 2.45) is 0 Å². The first-order valence-electron chi connectivity index (χ1n) is 5.63. The zero-order chi connectivity index (χ0) is 13.3. The molecule has 1 aromatic carbocycles. The first-order chi connectivity index (χ1) is 8.43. The Hall–Kier alpha value is -1.07. The average molecular weight is 288 g/mol. The lowest BCUT2D eigenvalue weighted by Crippen LogP contribution is -2.36. The molecule has 0 fully saturated rings. The summed E-state index contributed by atoms with van der Waals surface area (Å²) in [6, 6.07) is 4.88. The van der Waals surface area contributed by atoms with Gasteiger partial charge in [0.15, 0.2) is 9.84 Å². The minimum absolute atomic E-state index is 0.0622. The number of alkyl halides is 1. The summed E-state index contributed by atoms with van der Waals surface area (Å²) in [5.74, 6) is -0.211. The first-order valence-corrected chi connectivity index (χ1v) is 8.05. The Kier molecular flexibility index (Phi) is 3.64. The zero-order valence-corrected chi connectivity index (χ0v) is 11.6. The molecule has 2 rings (SSSR count). The van der Waals surface area contributed by atoms with E-state index in [9.17, 15) is 13.2 Å². The second-order valence-corrected chi connectivity index (χ2v) is 6.63. The molecule has 0 atom stereocenters. The van der Waals surface area contributed by atoms with Crippen LogP contribution in [0.25, 0.3) is 0 Å². The number of anilines is 1. The highest BCUT2D eigenvalue weighted by atomic mass is 35.5. The summed E-state index contributed by atoms with van der Waals surface area (Å²) in [7, 11) is -3.21. The fourth-order valence-electron chi connectivity index (χ4n) is 2.14. The Morgan fingerprint density at radius 2 is 2.17 bits per heavy atom. The number of hydrogen-bond acceptors (Lipinski definition) is 3. The maximum absolute atomic E-state index is 11.7. The van der Waals surface area contributed by atoms with Gasteiger partial charge < -0.3 is 4.90 Å². The van der Waals surface area contributed by atoms with Gasteiger partial charge in [-0.25, -0.2) is 8.42 Å². The molecule has 18 heavy (non-hydrogen) atoms. The number of carbonyl (C=O) groups excluding carboxylic acids is 1. The van der Waals surface area contributed by atoms with Crippen LogP contribution in [-0.2, 0) is 21.1 Å². The number of hydrogen-bond donors (Lipinski definition) is 0. The van der Waals surface area contributed by atoms with Gasteiger partial charge in [-0.1, -0.05) is 0 Å². The van der Waals surface area contributed by atoms with Crippen LogP contribution >= 0.6 is 11.6 Å². The van der Waals surface area contributed by atoms with Crippen LogP contribution in [0.2, 0.25) is 0 Å². The van der Waals surface area contributed by atoms with Crippen LogP contribution in [0, 0.1) is 0 Å². The van der Waals surface area contributed by atoms with E-state index in [1.807, 2.05) is 0 Å². The molecule has 0 N–H and O–H groups in total. The van der Waals surface area contributed by atoms with E-state index in [1.165, 1.54) is 12.3 Å². The number of fused-ring (bicyclic) bond motifs is 1. The van der Waals surface area contributed by atoms with Gasteiger partial charge in [-0.3, -0.25) is 4.79 Å². The predicted molar refractivity (Wildman–Crippen MR) is 70.9 cm³/mol. The van der Waals surface area contributed by atoms with E-state index in [2.05, 4.69) is 0 Å². The van der Waals surface area contributed by atoms with Gasteiger partial charge in [-0.2, -0.15) is 0 Å². The normalized spacial score (nSPS) is 15.3. The molecule has 98 valence electrons. The summed E-state index contributed by atoms with van der Waals surface area (Å²) in [5, 5.41) is 0. The highest BCUT2D eigenvalue weighted by molar-refractivity contribution is 7.90. The lowest BCUT2D eigenvalue weighted by atomic mass is 10.0. The van der Waals surface area contributed by atoms with Gasteiger partial charge in [0.05, 0.1) is 4.90 Å². The molecule has 6 heteroatoms. The molecule has 1 aliphatic heterocycles. The van der Waals surface area contributed by atoms with Crippen LogP contribution in [0.3, 0.4) is 0 Å². The number of benzene rings is 1. The molecule has 0 aromatic heterocycles. The van der Waals surface area contributed by atoms with Gasteiger partial charge in [0, 0.05) is 18.5 Å². The molecule has 1 heterocycles. The number of halogens is 1. The van der Waals surface area contributed by atoms with Gasteiger partial charge in [0.25, 0.3) is 0 Å². The molecule has 0 saturated carbocycles. The Labute approximate surface area is 111 Å². The monoisotopic (exact) mass is 287 g/mol. The number of amides is 1. The molecule has 4 nitrogen and oxygen atoms in total. The Balaban J connectivity index is 2.46. The van der Waals surface area contributed by atoms with Gasteiger partial charge in [0.2, 0.25) is 5.91 Å². The fraction of sp³-hybridized carbons (Fsp3) is 0.417. The molecule has 0 saturated heterocycles. The Morgan fingerprint density at radius 3 is 2.78 bits per heavy atom. The number of rotatable bonds is 2. The summed E-state index contributed by atoms with van der Waals surface area (Å²) in [6.07, 6.45) is 2.78. The van der Waals surface area contributed by atoms with Crippen LogP contribution in [0.5, 0.6) is 0 Å². The average Bonchev–Trinajstić information content (AvgIpc) is 2.35. The molecular formula is C12H14ClNO3S. The van der Waals surface area contributed by atoms with E-state index in [0.29, 0.717) is 11.4 Å². The second kappa shape index (κ2) is 4.90. The first kappa shape index (κ1) is 13.4. The predicted octanol–water partition coefficient (Wildman–Crippen LogP) is 1.61. The Morgan fingerprint density at radius 1 is 1.44 bits per heavy atom. The molecule has 0 aliphatic carbocycles. The topological polar surface area (TPSA) is 54.5 Å². The van der Waals surface area contributed by atoms with Gasteiger partial charge in [-0.05, 0) is 36.6 Å². The van der Waals surface area contributed by atoms with Crippen molar-refractivity contribution in [3.63, 3.8) is 0 Å². The maximum atomic E-state index is 11.7. The van der Waals surface area contributed by atoms with E-state index < -0.39 is 9.84 Å². The van der Waals surface area contributed by atoms with Crippen molar-refractivity contribution < 1.29 is 13.2 Å². The summed E-state index contributed by atoms with van der Waals surface area (Å²) in [6.45, 7) is 0.636. The molecule has 0 spiro atoms. The van der Waals surface area contributed by atoms with E-state index in [-0.39, 0.29) is 11.8 Å². The molecular weight excluding hydrogens is 274 g/mol. The number of sulfone groups is 1. The smallest absolute Gasteiger partial charge is 0.241 e. The van der Waals surface area contributed by atoms with Crippen LogP contribution in [0.15, 0.2) is 23.1 Å². The second-order valence-electron chi connectivity index (χ2n) is 4.35. The van der Waals surface area contributed by atoms with Gasteiger partial charge >= 0.3 is 0 Å². The largest absolute Gasteiger partial charge is 0.311 e. The van der Waals surface area contributed by atoms with Crippen LogP contribution in [0.4, 0.5) is 5.69 Å². The van der Waals surface area contributed by atoms with Crippen molar-refractivity contribution in [2.75, 3.05) is 23.6 Å². The number of nitrogens with zero attached hydrogens (tertiary/aromatic N) is 1. The minimum atomic E-state index is -3.21. The van der Waals surface area contributed by atoms with E-state index in [1.54, 1.807) is 17.0 Å².